The molecule has 1 aliphatic heterocycles. The maximum absolute atomic E-state index is 5.64. The van der Waals surface area contributed by atoms with Gasteiger partial charge in [-0.25, -0.2) is 0 Å². The lowest BCUT2D eigenvalue weighted by atomic mass is 10.0. The molecule has 0 saturated carbocycles. The Balaban J connectivity index is 2.44. The predicted molar refractivity (Wildman–Crippen MR) is 68.8 cm³/mol. The summed E-state index contributed by atoms with van der Waals surface area (Å²) in [6, 6.07) is 6.30. The third-order valence-electron chi connectivity index (χ3n) is 2.92. The minimum Gasteiger partial charge on any atom is -0.457 e. The zero-order chi connectivity index (χ0) is 11.7. The Bertz CT molecular complexity index is 460. The number of rotatable bonds is 2. The fourth-order valence-corrected chi connectivity index (χ4v) is 1.83. The largest absolute Gasteiger partial charge is 0.457 e. The van der Waals surface area contributed by atoms with Crippen molar-refractivity contribution in [2.75, 3.05) is 18.5 Å². The van der Waals surface area contributed by atoms with Gasteiger partial charge in [0.15, 0.2) is 0 Å². The molecule has 1 aromatic carbocycles. The standard InChI is InChI=1S/C14H17NO/c1-5-15(4)12-6-7-13-10(2)8-11(3)16-14(13)9-12/h6-9H,3,5H2,1-2,4H3. The first kappa shape index (κ1) is 10.8. The Morgan fingerprint density at radius 3 is 2.81 bits per heavy atom. The van der Waals surface area contributed by atoms with Gasteiger partial charge >= 0.3 is 0 Å². The van der Waals surface area contributed by atoms with Crippen LogP contribution in [0.3, 0.4) is 0 Å². The molecule has 1 aliphatic rings. The van der Waals surface area contributed by atoms with Gasteiger partial charge < -0.3 is 9.64 Å². The van der Waals surface area contributed by atoms with E-state index in [2.05, 4.69) is 50.6 Å². The number of ether oxygens (including phenoxy) is 1. The van der Waals surface area contributed by atoms with Gasteiger partial charge in [0.2, 0.25) is 0 Å². The number of anilines is 1. The lowest BCUT2D eigenvalue weighted by Crippen LogP contribution is -2.16. The van der Waals surface area contributed by atoms with Crippen molar-refractivity contribution in [2.24, 2.45) is 0 Å². The van der Waals surface area contributed by atoms with E-state index in [4.69, 9.17) is 4.74 Å². The monoisotopic (exact) mass is 215 g/mol. The number of nitrogens with zero attached hydrogens (tertiary/aromatic N) is 1. The Morgan fingerprint density at radius 1 is 1.38 bits per heavy atom. The molecule has 1 aromatic rings. The molecule has 0 spiro atoms. The number of fused-ring (bicyclic) bond motifs is 1. The zero-order valence-electron chi connectivity index (χ0n) is 10.1. The maximum atomic E-state index is 5.64. The summed E-state index contributed by atoms with van der Waals surface area (Å²) in [7, 11) is 2.07. The van der Waals surface area contributed by atoms with Crippen molar-refractivity contribution in [2.45, 2.75) is 13.8 Å². The Labute approximate surface area is 96.8 Å². The summed E-state index contributed by atoms with van der Waals surface area (Å²) in [6.45, 7) is 9.04. The average Bonchev–Trinajstić information content (AvgIpc) is 2.27. The molecule has 84 valence electrons. The maximum Gasteiger partial charge on any atom is 0.136 e. The smallest absolute Gasteiger partial charge is 0.136 e. The van der Waals surface area contributed by atoms with E-state index in [1.165, 1.54) is 11.3 Å². The van der Waals surface area contributed by atoms with Crippen LogP contribution in [0.4, 0.5) is 5.69 Å². The Hall–Kier alpha value is -1.70. The molecule has 0 amide bonds. The van der Waals surface area contributed by atoms with Crippen molar-refractivity contribution in [3.8, 4) is 5.75 Å². The second-order valence-electron chi connectivity index (χ2n) is 4.09. The summed E-state index contributed by atoms with van der Waals surface area (Å²) in [5.41, 5.74) is 3.53. The fraction of sp³-hybridized carbons (Fsp3) is 0.286. The summed E-state index contributed by atoms with van der Waals surface area (Å²) in [6.07, 6.45) is 1.96. The van der Waals surface area contributed by atoms with Crippen LogP contribution in [0.25, 0.3) is 5.57 Å². The van der Waals surface area contributed by atoms with E-state index in [-0.39, 0.29) is 0 Å². The van der Waals surface area contributed by atoms with Crippen molar-refractivity contribution in [1.82, 2.24) is 0 Å². The zero-order valence-corrected chi connectivity index (χ0v) is 10.1. The van der Waals surface area contributed by atoms with Crippen molar-refractivity contribution < 1.29 is 4.74 Å². The second kappa shape index (κ2) is 4.05. The first-order valence-electron chi connectivity index (χ1n) is 5.52. The summed E-state index contributed by atoms with van der Waals surface area (Å²) in [5.74, 6) is 1.61. The lowest BCUT2D eigenvalue weighted by molar-refractivity contribution is 0.441. The second-order valence-corrected chi connectivity index (χ2v) is 4.09. The van der Waals surface area contributed by atoms with E-state index in [1.807, 2.05) is 6.08 Å². The van der Waals surface area contributed by atoms with Crippen LogP contribution in [0.5, 0.6) is 5.75 Å². The first-order chi connectivity index (χ1) is 7.61. The highest BCUT2D eigenvalue weighted by Gasteiger charge is 2.14. The molecular formula is C14H17NO. The lowest BCUT2D eigenvalue weighted by Gasteiger charge is -2.22. The number of hydrogen-bond donors (Lipinski definition) is 0. The molecule has 1 heterocycles. The molecule has 0 N–H and O–H groups in total. The molecule has 16 heavy (non-hydrogen) atoms. The SMILES string of the molecule is C=C1C=C(C)c2ccc(N(C)CC)cc2O1. The summed E-state index contributed by atoms with van der Waals surface area (Å²) >= 11 is 0. The van der Waals surface area contributed by atoms with Crippen molar-refractivity contribution in [3.63, 3.8) is 0 Å². The highest BCUT2D eigenvalue weighted by atomic mass is 16.5. The van der Waals surface area contributed by atoms with Gasteiger partial charge in [-0.1, -0.05) is 6.58 Å². The van der Waals surface area contributed by atoms with Gasteiger partial charge in [-0.05, 0) is 37.6 Å². The van der Waals surface area contributed by atoms with Gasteiger partial charge in [0.1, 0.15) is 11.5 Å². The molecule has 0 saturated heterocycles. The van der Waals surface area contributed by atoms with Crippen LogP contribution < -0.4 is 9.64 Å². The predicted octanol–water partition coefficient (Wildman–Crippen LogP) is 3.45. The van der Waals surface area contributed by atoms with Crippen molar-refractivity contribution in [3.05, 3.63) is 42.2 Å². The average molecular weight is 215 g/mol. The minimum absolute atomic E-state index is 0.710. The molecule has 2 nitrogen and oxygen atoms in total. The van der Waals surface area contributed by atoms with E-state index in [9.17, 15) is 0 Å². The van der Waals surface area contributed by atoms with Crippen LogP contribution in [0.2, 0.25) is 0 Å². The molecule has 2 rings (SSSR count). The summed E-state index contributed by atoms with van der Waals surface area (Å²) in [4.78, 5) is 2.18. The van der Waals surface area contributed by atoms with E-state index in [1.54, 1.807) is 0 Å². The van der Waals surface area contributed by atoms with E-state index in [0.29, 0.717) is 5.76 Å². The van der Waals surface area contributed by atoms with Gasteiger partial charge in [0.05, 0.1) is 0 Å². The van der Waals surface area contributed by atoms with Gasteiger partial charge in [-0.2, -0.15) is 0 Å². The van der Waals surface area contributed by atoms with E-state index < -0.39 is 0 Å². The van der Waals surface area contributed by atoms with E-state index >= 15 is 0 Å². The highest BCUT2D eigenvalue weighted by molar-refractivity contribution is 5.75. The van der Waals surface area contributed by atoms with Crippen LogP contribution in [-0.4, -0.2) is 13.6 Å². The summed E-state index contributed by atoms with van der Waals surface area (Å²) < 4.78 is 5.64. The topological polar surface area (TPSA) is 12.5 Å². The molecule has 0 aromatic heterocycles. The van der Waals surface area contributed by atoms with Crippen LogP contribution >= 0.6 is 0 Å². The molecular weight excluding hydrogens is 198 g/mol. The van der Waals surface area contributed by atoms with Gasteiger partial charge in [0.25, 0.3) is 0 Å². The fourth-order valence-electron chi connectivity index (χ4n) is 1.83. The molecule has 0 atom stereocenters. The first-order valence-corrected chi connectivity index (χ1v) is 5.52. The highest BCUT2D eigenvalue weighted by Crippen LogP contribution is 2.35. The van der Waals surface area contributed by atoms with Crippen LogP contribution in [0.15, 0.2) is 36.6 Å². The molecule has 0 unspecified atom stereocenters. The van der Waals surface area contributed by atoms with E-state index in [0.717, 1.165) is 17.9 Å². The molecule has 0 radical (unpaired) electrons. The molecule has 0 fully saturated rings. The van der Waals surface area contributed by atoms with Crippen LogP contribution in [0.1, 0.15) is 19.4 Å². The number of benzene rings is 1. The third kappa shape index (κ3) is 1.83. The molecule has 2 heteroatoms. The Morgan fingerprint density at radius 2 is 2.12 bits per heavy atom. The third-order valence-corrected chi connectivity index (χ3v) is 2.92. The van der Waals surface area contributed by atoms with Crippen molar-refractivity contribution in [1.29, 1.82) is 0 Å². The quantitative estimate of drug-likeness (QED) is 0.749. The Kier molecular flexibility index (Phi) is 2.73. The van der Waals surface area contributed by atoms with Crippen molar-refractivity contribution >= 4 is 11.3 Å². The van der Waals surface area contributed by atoms with Crippen LogP contribution in [-0.2, 0) is 0 Å². The number of allylic oxidation sites excluding steroid dienone is 2. The normalized spacial score (nSPS) is 13.9. The molecule has 0 bridgehead atoms. The minimum atomic E-state index is 0.710. The summed E-state index contributed by atoms with van der Waals surface area (Å²) in [5, 5.41) is 0. The van der Waals surface area contributed by atoms with Crippen LogP contribution in [0, 0.1) is 0 Å². The van der Waals surface area contributed by atoms with Gasteiger partial charge in [-0.3, -0.25) is 0 Å². The molecule has 0 aliphatic carbocycles. The van der Waals surface area contributed by atoms with Gasteiger partial charge in [0, 0.05) is 30.9 Å². The van der Waals surface area contributed by atoms with Gasteiger partial charge in [-0.15, -0.1) is 0 Å². The number of hydrogen-bond acceptors (Lipinski definition) is 2.